The Bertz CT molecular complexity index is 922. The third-order valence-electron chi connectivity index (χ3n) is 3.88. The molecule has 2 amide bonds. The number of carbonyl (C=O) groups excluding carboxylic acids is 2. The van der Waals surface area contributed by atoms with E-state index in [4.69, 9.17) is 22.9 Å². The fraction of sp³-hybridized carbons (Fsp3) is 0. The highest BCUT2D eigenvalue weighted by Gasteiger charge is 2.10. The predicted octanol–water partition coefficient (Wildman–Crippen LogP) is 2.52. The Balaban J connectivity index is 1.67. The molecule has 3 aromatic rings. The van der Waals surface area contributed by atoms with Crippen molar-refractivity contribution >= 4 is 45.9 Å². The highest BCUT2D eigenvalue weighted by atomic mass is 16.2. The van der Waals surface area contributed by atoms with Crippen LogP contribution in [0.25, 0.3) is 0 Å². The van der Waals surface area contributed by atoms with Crippen molar-refractivity contribution in [1.82, 2.24) is 0 Å². The van der Waals surface area contributed by atoms with Crippen LogP contribution in [-0.4, -0.2) is 11.8 Å². The SMILES string of the molecule is Nc1cc(N)cc(C(=O)Nc2ccc(NC(=O)c3cc(N)cc(N)c3)cc2)c1. The van der Waals surface area contributed by atoms with Crippen molar-refractivity contribution in [3.63, 3.8) is 0 Å². The lowest BCUT2D eigenvalue weighted by molar-refractivity contribution is 0.101. The van der Waals surface area contributed by atoms with Crippen molar-refractivity contribution in [3.05, 3.63) is 71.8 Å². The van der Waals surface area contributed by atoms with Gasteiger partial charge in [-0.05, 0) is 60.7 Å². The summed E-state index contributed by atoms with van der Waals surface area (Å²) in [5, 5.41) is 5.49. The number of nitrogen functional groups attached to an aromatic ring is 4. The molecule has 0 aliphatic rings. The Morgan fingerprint density at radius 3 is 1.11 bits per heavy atom. The summed E-state index contributed by atoms with van der Waals surface area (Å²) in [6, 6.07) is 16.0. The first kappa shape index (κ1) is 18.6. The first-order chi connectivity index (χ1) is 13.3. The van der Waals surface area contributed by atoms with Crippen LogP contribution in [0.5, 0.6) is 0 Å². The van der Waals surface area contributed by atoms with Crippen LogP contribution in [-0.2, 0) is 0 Å². The summed E-state index contributed by atoms with van der Waals surface area (Å²) in [5.41, 5.74) is 26.3. The zero-order valence-corrected chi connectivity index (χ0v) is 14.9. The van der Waals surface area contributed by atoms with Crippen molar-refractivity contribution in [1.29, 1.82) is 0 Å². The van der Waals surface area contributed by atoms with Gasteiger partial charge in [0, 0.05) is 45.3 Å². The van der Waals surface area contributed by atoms with Crippen LogP contribution in [0.2, 0.25) is 0 Å². The normalized spacial score (nSPS) is 10.3. The van der Waals surface area contributed by atoms with Crippen LogP contribution in [0, 0.1) is 0 Å². The van der Waals surface area contributed by atoms with E-state index in [2.05, 4.69) is 10.6 Å². The molecule has 0 atom stereocenters. The minimum absolute atomic E-state index is 0.342. The maximum absolute atomic E-state index is 12.3. The molecule has 0 bridgehead atoms. The zero-order chi connectivity index (χ0) is 20.3. The smallest absolute Gasteiger partial charge is 0.255 e. The van der Waals surface area contributed by atoms with Crippen LogP contribution in [0.4, 0.5) is 34.1 Å². The van der Waals surface area contributed by atoms with E-state index in [1.54, 1.807) is 36.4 Å². The number of nitrogens with one attached hydrogen (secondary N) is 2. The molecule has 0 spiro atoms. The van der Waals surface area contributed by atoms with Crippen LogP contribution >= 0.6 is 0 Å². The van der Waals surface area contributed by atoms with E-state index in [0.29, 0.717) is 45.3 Å². The molecule has 0 saturated heterocycles. The molecule has 3 rings (SSSR count). The number of anilines is 6. The average Bonchev–Trinajstić information content (AvgIpc) is 2.61. The first-order valence-electron chi connectivity index (χ1n) is 8.35. The summed E-state index contributed by atoms with van der Waals surface area (Å²) in [7, 11) is 0. The van der Waals surface area contributed by atoms with Gasteiger partial charge >= 0.3 is 0 Å². The zero-order valence-electron chi connectivity index (χ0n) is 14.9. The molecule has 10 N–H and O–H groups in total. The van der Waals surface area contributed by atoms with Gasteiger partial charge in [0.15, 0.2) is 0 Å². The second kappa shape index (κ2) is 7.58. The van der Waals surface area contributed by atoms with Gasteiger partial charge in [0.25, 0.3) is 11.8 Å². The lowest BCUT2D eigenvalue weighted by Gasteiger charge is -2.09. The quantitative estimate of drug-likeness (QED) is 0.383. The lowest BCUT2D eigenvalue weighted by atomic mass is 10.1. The molecule has 0 unspecified atom stereocenters. The molecule has 0 aliphatic heterocycles. The van der Waals surface area contributed by atoms with Crippen molar-refractivity contribution < 1.29 is 9.59 Å². The van der Waals surface area contributed by atoms with Crippen molar-refractivity contribution in [3.8, 4) is 0 Å². The molecule has 0 fully saturated rings. The summed E-state index contributed by atoms with van der Waals surface area (Å²) in [6.45, 7) is 0. The Hall–Kier alpha value is -4.20. The summed E-state index contributed by atoms with van der Waals surface area (Å²) >= 11 is 0. The van der Waals surface area contributed by atoms with E-state index in [0.717, 1.165) is 0 Å². The van der Waals surface area contributed by atoms with Gasteiger partial charge in [-0.3, -0.25) is 9.59 Å². The van der Waals surface area contributed by atoms with Crippen LogP contribution in [0.15, 0.2) is 60.7 Å². The number of hydrogen-bond acceptors (Lipinski definition) is 6. The summed E-state index contributed by atoms with van der Waals surface area (Å²) < 4.78 is 0. The molecule has 0 aromatic heterocycles. The van der Waals surface area contributed by atoms with Gasteiger partial charge in [0.1, 0.15) is 0 Å². The molecule has 0 aliphatic carbocycles. The lowest BCUT2D eigenvalue weighted by Crippen LogP contribution is -2.14. The van der Waals surface area contributed by atoms with E-state index in [1.165, 1.54) is 24.3 Å². The maximum Gasteiger partial charge on any atom is 0.255 e. The van der Waals surface area contributed by atoms with Crippen LogP contribution < -0.4 is 33.6 Å². The summed E-state index contributed by atoms with van der Waals surface area (Å²) in [6.07, 6.45) is 0. The topological polar surface area (TPSA) is 162 Å². The number of rotatable bonds is 4. The minimum Gasteiger partial charge on any atom is -0.399 e. The van der Waals surface area contributed by atoms with Crippen LogP contribution in [0.3, 0.4) is 0 Å². The standard InChI is InChI=1S/C20H20N6O2/c21-13-5-11(6-14(22)9-13)19(27)25-17-1-2-18(4-3-17)26-20(28)12-7-15(23)10-16(24)8-12/h1-10H,21-24H2,(H,25,27)(H,26,28). The number of benzene rings is 3. The third-order valence-corrected chi connectivity index (χ3v) is 3.88. The molecule has 8 heteroatoms. The number of hydrogen-bond donors (Lipinski definition) is 6. The summed E-state index contributed by atoms with van der Waals surface area (Å²) in [5.74, 6) is -0.683. The molecule has 28 heavy (non-hydrogen) atoms. The Morgan fingerprint density at radius 1 is 0.536 bits per heavy atom. The van der Waals surface area contributed by atoms with Gasteiger partial charge in [-0.1, -0.05) is 0 Å². The van der Waals surface area contributed by atoms with Gasteiger partial charge in [-0.15, -0.1) is 0 Å². The van der Waals surface area contributed by atoms with Gasteiger partial charge in [-0.25, -0.2) is 0 Å². The monoisotopic (exact) mass is 376 g/mol. The Morgan fingerprint density at radius 2 is 0.821 bits per heavy atom. The minimum atomic E-state index is -0.342. The molecule has 0 saturated carbocycles. The van der Waals surface area contributed by atoms with E-state index in [9.17, 15) is 9.59 Å². The third kappa shape index (κ3) is 4.50. The first-order valence-corrected chi connectivity index (χ1v) is 8.35. The second-order valence-electron chi connectivity index (χ2n) is 6.26. The van der Waals surface area contributed by atoms with Crippen LogP contribution in [0.1, 0.15) is 20.7 Å². The molecule has 3 aromatic carbocycles. The van der Waals surface area contributed by atoms with Gasteiger partial charge in [-0.2, -0.15) is 0 Å². The largest absolute Gasteiger partial charge is 0.399 e. The predicted molar refractivity (Wildman–Crippen MR) is 113 cm³/mol. The average molecular weight is 376 g/mol. The number of carbonyl (C=O) groups is 2. The van der Waals surface area contributed by atoms with E-state index < -0.39 is 0 Å². The maximum atomic E-state index is 12.3. The Kier molecular flexibility index (Phi) is 5.03. The van der Waals surface area contributed by atoms with E-state index in [1.807, 2.05) is 0 Å². The van der Waals surface area contributed by atoms with Gasteiger partial charge in [0.2, 0.25) is 0 Å². The fourth-order valence-corrected chi connectivity index (χ4v) is 2.66. The van der Waals surface area contributed by atoms with E-state index >= 15 is 0 Å². The highest BCUT2D eigenvalue weighted by molar-refractivity contribution is 6.07. The molecule has 8 nitrogen and oxygen atoms in total. The van der Waals surface area contributed by atoms with Crippen molar-refractivity contribution in [2.24, 2.45) is 0 Å². The number of nitrogens with two attached hydrogens (primary N) is 4. The second-order valence-corrected chi connectivity index (χ2v) is 6.26. The summed E-state index contributed by atoms with van der Waals surface area (Å²) in [4.78, 5) is 24.6. The molecule has 142 valence electrons. The molecule has 0 radical (unpaired) electrons. The van der Waals surface area contributed by atoms with Gasteiger partial charge < -0.3 is 33.6 Å². The molecular weight excluding hydrogens is 356 g/mol. The highest BCUT2D eigenvalue weighted by Crippen LogP contribution is 2.19. The van der Waals surface area contributed by atoms with Crippen molar-refractivity contribution in [2.75, 3.05) is 33.6 Å². The van der Waals surface area contributed by atoms with E-state index in [-0.39, 0.29) is 11.8 Å². The number of amides is 2. The molecule has 0 heterocycles. The fourth-order valence-electron chi connectivity index (χ4n) is 2.66. The van der Waals surface area contributed by atoms with Crippen molar-refractivity contribution in [2.45, 2.75) is 0 Å². The molecular formula is C20H20N6O2. The Labute approximate surface area is 161 Å². The van der Waals surface area contributed by atoms with Gasteiger partial charge in [0.05, 0.1) is 0 Å².